The number of nitrogens with one attached hydrogen (secondary N) is 1. The molecule has 0 bridgehead atoms. The summed E-state index contributed by atoms with van der Waals surface area (Å²) in [5.74, 6) is 1.38. The highest BCUT2D eigenvalue weighted by Crippen LogP contribution is 2.25. The smallest absolute Gasteiger partial charge is 0.243 e. The zero-order valence-corrected chi connectivity index (χ0v) is 10.3. The molecule has 1 heterocycles. The molecule has 1 rings (SSSR count). The Labute approximate surface area is 100 Å². The van der Waals surface area contributed by atoms with E-state index in [-0.39, 0.29) is 0 Å². The van der Waals surface area contributed by atoms with Crippen LogP contribution in [0.1, 0.15) is 5.82 Å². The van der Waals surface area contributed by atoms with Crippen LogP contribution in [0.15, 0.2) is 0 Å². The number of rotatable bonds is 7. The number of aromatic nitrogens is 2. The van der Waals surface area contributed by atoms with Gasteiger partial charge in [-0.25, -0.2) is 4.98 Å². The summed E-state index contributed by atoms with van der Waals surface area (Å²) in [5, 5.41) is 2.88. The van der Waals surface area contributed by atoms with Gasteiger partial charge in [0.2, 0.25) is 5.88 Å². The Balaban J connectivity index is 2.88. The fourth-order valence-corrected chi connectivity index (χ4v) is 1.21. The van der Waals surface area contributed by atoms with E-state index in [1.807, 2.05) is 0 Å². The van der Waals surface area contributed by atoms with Gasteiger partial charge in [-0.3, -0.25) is 0 Å². The molecule has 0 radical (unpaired) electrons. The van der Waals surface area contributed by atoms with E-state index in [2.05, 4.69) is 15.3 Å². The maximum atomic E-state index is 5.85. The molecule has 0 amide bonds. The van der Waals surface area contributed by atoms with Crippen LogP contribution >= 0.6 is 0 Å². The number of anilines is 2. The molecule has 0 atom stereocenters. The summed E-state index contributed by atoms with van der Waals surface area (Å²) < 4.78 is 15.3. The van der Waals surface area contributed by atoms with Crippen molar-refractivity contribution in [2.24, 2.45) is 0 Å². The summed E-state index contributed by atoms with van der Waals surface area (Å²) in [6.45, 7) is 1.15. The lowest BCUT2D eigenvalue weighted by molar-refractivity contribution is 0.142. The third kappa shape index (κ3) is 3.72. The van der Waals surface area contributed by atoms with Crippen molar-refractivity contribution in [3.63, 3.8) is 0 Å². The maximum Gasteiger partial charge on any atom is 0.243 e. The number of hydrogen-bond acceptors (Lipinski definition) is 7. The second kappa shape index (κ2) is 6.87. The third-order valence-corrected chi connectivity index (χ3v) is 1.99. The predicted molar refractivity (Wildman–Crippen MR) is 64.1 cm³/mol. The minimum absolute atomic E-state index is 0.301. The van der Waals surface area contributed by atoms with Gasteiger partial charge in [-0.2, -0.15) is 4.98 Å². The number of hydrogen-bond donors (Lipinski definition) is 2. The lowest BCUT2D eigenvalue weighted by Gasteiger charge is -2.12. The monoisotopic (exact) mass is 242 g/mol. The van der Waals surface area contributed by atoms with Crippen LogP contribution in [0.2, 0.25) is 0 Å². The Morgan fingerprint density at radius 3 is 2.53 bits per heavy atom. The van der Waals surface area contributed by atoms with Gasteiger partial charge in [0.15, 0.2) is 11.6 Å². The van der Waals surface area contributed by atoms with Gasteiger partial charge < -0.3 is 25.3 Å². The minimum atomic E-state index is 0.301. The molecule has 0 spiro atoms. The molecular formula is C10H18N4O3. The van der Waals surface area contributed by atoms with Crippen molar-refractivity contribution in [3.8, 4) is 5.88 Å². The molecule has 7 heteroatoms. The second-order valence-electron chi connectivity index (χ2n) is 3.23. The maximum absolute atomic E-state index is 5.85. The van der Waals surface area contributed by atoms with Gasteiger partial charge in [-0.1, -0.05) is 0 Å². The predicted octanol–water partition coefficient (Wildman–Crippen LogP) is 0.272. The average molecular weight is 242 g/mol. The molecule has 17 heavy (non-hydrogen) atoms. The Bertz CT molecular complexity index is 360. The molecule has 7 nitrogen and oxygen atoms in total. The summed E-state index contributed by atoms with van der Waals surface area (Å²) in [6, 6.07) is 0. The van der Waals surface area contributed by atoms with Crippen LogP contribution in [0.5, 0.6) is 5.88 Å². The molecule has 0 saturated carbocycles. The Kier molecular flexibility index (Phi) is 5.44. The Morgan fingerprint density at radius 1 is 1.18 bits per heavy atom. The van der Waals surface area contributed by atoms with Crippen molar-refractivity contribution >= 4 is 11.5 Å². The van der Waals surface area contributed by atoms with Crippen molar-refractivity contribution in [2.45, 2.75) is 6.61 Å². The summed E-state index contributed by atoms with van der Waals surface area (Å²) in [7, 11) is 4.90. The molecule has 0 aliphatic heterocycles. The fraction of sp³-hybridized carbons (Fsp3) is 0.600. The van der Waals surface area contributed by atoms with Gasteiger partial charge in [0.25, 0.3) is 0 Å². The van der Waals surface area contributed by atoms with Gasteiger partial charge in [0.1, 0.15) is 18.9 Å². The van der Waals surface area contributed by atoms with E-state index < -0.39 is 0 Å². The van der Waals surface area contributed by atoms with E-state index in [1.54, 1.807) is 21.3 Å². The summed E-state index contributed by atoms with van der Waals surface area (Å²) >= 11 is 0. The number of nitrogen functional groups attached to an aromatic ring is 1. The van der Waals surface area contributed by atoms with E-state index in [0.717, 1.165) is 0 Å². The van der Waals surface area contributed by atoms with Crippen LogP contribution in [0.4, 0.5) is 11.5 Å². The van der Waals surface area contributed by atoms with E-state index in [9.17, 15) is 0 Å². The van der Waals surface area contributed by atoms with Crippen molar-refractivity contribution in [1.82, 2.24) is 9.97 Å². The number of methoxy groups -OCH3 is 2. The minimum Gasteiger partial charge on any atom is -0.474 e. The van der Waals surface area contributed by atoms with Gasteiger partial charge in [-0.15, -0.1) is 0 Å². The van der Waals surface area contributed by atoms with Gasteiger partial charge in [0.05, 0.1) is 6.61 Å². The van der Waals surface area contributed by atoms with Gasteiger partial charge in [0, 0.05) is 21.3 Å². The topological polar surface area (TPSA) is 91.5 Å². The fourth-order valence-electron chi connectivity index (χ4n) is 1.21. The molecule has 0 aromatic carbocycles. The first-order valence-electron chi connectivity index (χ1n) is 5.17. The highest BCUT2D eigenvalue weighted by atomic mass is 16.5. The Hall–Kier alpha value is -1.60. The number of ether oxygens (including phenoxy) is 3. The molecule has 3 N–H and O–H groups in total. The van der Waals surface area contributed by atoms with Crippen molar-refractivity contribution in [3.05, 3.63) is 5.82 Å². The van der Waals surface area contributed by atoms with Crippen LogP contribution in [0.3, 0.4) is 0 Å². The van der Waals surface area contributed by atoms with Crippen LogP contribution < -0.4 is 15.8 Å². The molecule has 1 aromatic rings. The second-order valence-corrected chi connectivity index (χ2v) is 3.23. The average Bonchev–Trinajstić information content (AvgIpc) is 2.33. The largest absolute Gasteiger partial charge is 0.474 e. The van der Waals surface area contributed by atoms with Crippen LogP contribution in [0.25, 0.3) is 0 Å². The first kappa shape index (κ1) is 13.5. The van der Waals surface area contributed by atoms with E-state index in [4.69, 9.17) is 19.9 Å². The van der Waals surface area contributed by atoms with Crippen LogP contribution in [-0.2, 0) is 16.1 Å². The highest BCUT2D eigenvalue weighted by molar-refractivity contribution is 5.66. The Morgan fingerprint density at radius 2 is 1.94 bits per heavy atom. The van der Waals surface area contributed by atoms with Crippen molar-refractivity contribution in [1.29, 1.82) is 0 Å². The number of nitrogens with zero attached hydrogens (tertiary/aromatic N) is 2. The third-order valence-electron chi connectivity index (χ3n) is 1.99. The number of nitrogens with two attached hydrogens (primary N) is 1. The molecule has 1 aromatic heterocycles. The summed E-state index contributed by atoms with van der Waals surface area (Å²) in [5.41, 5.74) is 6.23. The molecular weight excluding hydrogens is 224 g/mol. The molecule has 0 unspecified atom stereocenters. The summed E-state index contributed by atoms with van der Waals surface area (Å²) in [6.07, 6.45) is 0. The van der Waals surface area contributed by atoms with Gasteiger partial charge >= 0.3 is 0 Å². The van der Waals surface area contributed by atoms with Crippen LogP contribution in [-0.4, -0.2) is 44.4 Å². The normalized spacial score (nSPS) is 10.3. The van der Waals surface area contributed by atoms with E-state index >= 15 is 0 Å². The highest BCUT2D eigenvalue weighted by Gasteiger charge is 2.11. The molecule has 0 saturated heterocycles. The molecule has 0 aliphatic rings. The standard InChI is InChI=1S/C10H18N4O3/c1-12-9-8(11)10(17-5-4-15-2)14-7(13-9)6-16-3/h4-6,11H2,1-3H3,(H,12,13,14). The quantitative estimate of drug-likeness (QED) is 0.663. The summed E-state index contributed by atoms with van der Waals surface area (Å²) in [4.78, 5) is 8.35. The van der Waals surface area contributed by atoms with E-state index in [0.29, 0.717) is 43.0 Å². The molecule has 96 valence electrons. The molecule has 0 fully saturated rings. The van der Waals surface area contributed by atoms with Crippen molar-refractivity contribution in [2.75, 3.05) is 45.5 Å². The molecule has 0 aliphatic carbocycles. The first-order chi connectivity index (χ1) is 8.22. The van der Waals surface area contributed by atoms with E-state index in [1.165, 1.54) is 0 Å². The zero-order chi connectivity index (χ0) is 12.7. The SMILES string of the molecule is CNc1nc(COC)nc(OCCOC)c1N. The lowest BCUT2D eigenvalue weighted by atomic mass is 10.4. The van der Waals surface area contributed by atoms with Crippen LogP contribution in [0, 0.1) is 0 Å². The van der Waals surface area contributed by atoms with Gasteiger partial charge in [-0.05, 0) is 0 Å². The van der Waals surface area contributed by atoms with Crippen molar-refractivity contribution < 1.29 is 14.2 Å². The lowest BCUT2D eigenvalue weighted by Crippen LogP contribution is -2.12. The first-order valence-corrected chi connectivity index (χ1v) is 5.17. The zero-order valence-electron chi connectivity index (χ0n) is 10.3.